The fourth-order valence-corrected chi connectivity index (χ4v) is 2.72. The molecule has 25 heavy (non-hydrogen) atoms. The fraction of sp³-hybridized carbons (Fsp3) is 0.652. The maximum absolute atomic E-state index is 5.34. The zero-order valence-electron chi connectivity index (χ0n) is 17.4. The van der Waals surface area contributed by atoms with Crippen LogP contribution in [0.25, 0.3) is 0 Å². The molecule has 0 saturated heterocycles. The molecule has 0 aliphatic heterocycles. The Labute approximate surface area is 157 Å². The van der Waals surface area contributed by atoms with Crippen LogP contribution >= 0.6 is 0 Å². The van der Waals surface area contributed by atoms with Crippen LogP contribution in [0.1, 0.15) is 72.6 Å². The van der Waals surface area contributed by atoms with Crippen molar-refractivity contribution in [2.75, 3.05) is 20.2 Å². The first kappa shape index (κ1) is 23.7. The Bertz CT molecular complexity index is 420. The normalized spacial score (nSPS) is 14.1. The van der Waals surface area contributed by atoms with Crippen LogP contribution in [0.2, 0.25) is 0 Å². The van der Waals surface area contributed by atoms with Gasteiger partial charge in [-0.15, -0.1) is 6.58 Å². The number of rotatable bonds is 15. The number of nitrogens with zero attached hydrogens (tertiary/aromatic N) is 1. The standard InChI is InChI=1S/C23H41NO/c1-7-10-12-13-15-19-24(20-21(4)16-14-11-8-2)23(9-3)18-17-22(5)25-6/h8-9,16-18,22H,2,7,10-15,19-20H2,1,3-6H3/b18-17-,21-16+,23-9+. The summed E-state index contributed by atoms with van der Waals surface area (Å²) in [5, 5.41) is 0. The first-order chi connectivity index (χ1) is 12.1. The van der Waals surface area contributed by atoms with E-state index in [2.05, 4.69) is 63.5 Å². The first-order valence-electron chi connectivity index (χ1n) is 9.97. The molecule has 0 aromatic carbocycles. The molecule has 0 rings (SSSR count). The van der Waals surface area contributed by atoms with E-state index >= 15 is 0 Å². The Hall–Kier alpha value is -1.28. The molecule has 0 aromatic heterocycles. The van der Waals surface area contributed by atoms with Crippen molar-refractivity contribution in [2.24, 2.45) is 0 Å². The van der Waals surface area contributed by atoms with Gasteiger partial charge in [0.2, 0.25) is 0 Å². The summed E-state index contributed by atoms with van der Waals surface area (Å²) in [4.78, 5) is 2.50. The Morgan fingerprint density at radius 3 is 2.48 bits per heavy atom. The monoisotopic (exact) mass is 347 g/mol. The summed E-state index contributed by atoms with van der Waals surface area (Å²) in [5.41, 5.74) is 2.72. The Morgan fingerprint density at radius 1 is 1.16 bits per heavy atom. The van der Waals surface area contributed by atoms with Gasteiger partial charge in [0.05, 0.1) is 6.10 Å². The summed E-state index contributed by atoms with van der Waals surface area (Å²) in [6, 6.07) is 0. The van der Waals surface area contributed by atoms with E-state index in [1.165, 1.54) is 43.4 Å². The molecular weight excluding hydrogens is 306 g/mol. The second-order valence-corrected chi connectivity index (χ2v) is 6.77. The lowest BCUT2D eigenvalue weighted by molar-refractivity contribution is 0.156. The average Bonchev–Trinajstić information content (AvgIpc) is 2.61. The maximum Gasteiger partial charge on any atom is 0.0727 e. The summed E-state index contributed by atoms with van der Waals surface area (Å²) in [6.07, 6.45) is 19.7. The van der Waals surface area contributed by atoms with Gasteiger partial charge in [0.25, 0.3) is 0 Å². The molecule has 144 valence electrons. The van der Waals surface area contributed by atoms with Gasteiger partial charge >= 0.3 is 0 Å². The number of methoxy groups -OCH3 is 1. The van der Waals surface area contributed by atoms with Gasteiger partial charge in [0.1, 0.15) is 0 Å². The Kier molecular flexibility index (Phi) is 15.4. The highest BCUT2D eigenvalue weighted by atomic mass is 16.5. The molecule has 2 nitrogen and oxygen atoms in total. The van der Waals surface area contributed by atoms with Crippen LogP contribution in [0, 0.1) is 0 Å². The van der Waals surface area contributed by atoms with Crippen molar-refractivity contribution >= 4 is 0 Å². The van der Waals surface area contributed by atoms with Gasteiger partial charge in [-0.2, -0.15) is 0 Å². The predicted molar refractivity (Wildman–Crippen MR) is 113 cm³/mol. The Balaban J connectivity index is 4.86. The van der Waals surface area contributed by atoms with Gasteiger partial charge < -0.3 is 9.64 Å². The lowest BCUT2D eigenvalue weighted by Gasteiger charge is -2.27. The quantitative estimate of drug-likeness (QED) is 0.186. The minimum Gasteiger partial charge on any atom is -0.378 e. The summed E-state index contributed by atoms with van der Waals surface area (Å²) in [5.74, 6) is 0. The van der Waals surface area contributed by atoms with Crippen LogP contribution in [-0.2, 0) is 4.74 Å². The second-order valence-electron chi connectivity index (χ2n) is 6.77. The third-order valence-electron chi connectivity index (χ3n) is 4.41. The van der Waals surface area contributed by atoms with Crippen LogP contribution in [-0.4, -0.2) is 31.2 Å². The van der Waals surface area contributed by atoms with Crippen LogP contribution in [0.4, 0.5) is 0 Å². The number of ether oxygens (including phenoxy) is 1. The molecule has 0 amide bonds. The maximum atomic E-state index is 5.34. The lowest BCUT2D eigenvalue weighted by Crippen LogP contribution is -2.25. The number of allylic oxidation sites excluding steroid dienone is 4. The number of hydrogen-bond acceptors (Lipinski definition) is 2. The molecule has 1 atom stereocenters. The fourth-order valence-electron chi connectivity index (χ4n) is 2.72. The lowest BCUT2D eigenvalue weighted by atomic mass is 10.1. The van der Waals surface area contributed by atoms with E-state index in [0.29, 0.717) is 0 Å². The summed E-state index contributed by atoms with van der Waals surface area (Å²) < 4.78 is 5.34. The average molecular weight is 348 g/mol. The molecule has 0 heterocycles. The zero-order valence-corrected chi connectivity index (χ0v) is 17.4. The van der Waals surface area contributed by atoms with E-state index in [1.54, 1.807) is 7.11 Å². The predicted octanol–water partition coefficient (Wildman–Crippen LogP) is 6.67. The molecule has 2 heteroatoms. The second kappa shape index (κ2) is 16.2. The molecule has 0 aromatic rings. The van der Waals surface area contributed by atoms with E-state index in [1.807, 2.05) is 6.08 Å². The van der Waals surface area contributed by atoms with Crippen molar-refractivity contribution in [3.63, 3.8) is 0 Å². The number of hydrogen-bond donors (Lipinski definition) is 0. The van der Waals surface area contributed by atoms with Crippen molar-refractivity contribution in [2.45, 2.75) is 78.7 Å². The molecule has 0 aliphatic carbocycles. The van der Waals surface area contributed by atoms with Gasteiger partial charge in [0.15, 0.2) is 0 Å². The number of unbranched alkanes of at least 4 members (excludes halogenated alkanes) is 5. The van der Waals surface area contributed by atoms with E-state index < -0.39 is 0 Å². The van der Waals surface area contributed by atoms with Gasteiger partial charge in [-0.3, -0.25) is 0 Å². The van der Waals surface area contributed by atoms with E-state index in [4.69, 9.17) is 4.74 Å². The van der Waals surface area contributed by atoms with Crippen LogP contribution < -0.4 is 0 Å². The zero-order chi connectivity index (χ0) is 18.9. The SMILES string of the molecule is C=CCC/C=C(\C)CN(CCCCCCC)C(/C=C\C(C)OC)=C/C. The summed E-state index contributed by atoms with van der Waals surface area (Å²) in [6.45, 7) is 14.6. The van der Waals surface area contributed by atoms with Gasteiger partial charge in [-0.25, -0.2) is 0 Å². The molecule has 0 radical (unpaired) electrons. The molecule has 0 aliphatic rings. The topological polar surface area (TPSA) is 12.5 Å². The molecule has 0 saturated carbocycles. The highest BCUT2D eigenvalue weighted by Crippen LogP contribution is 2.14. The van der Waals surface area contributed by atoms with Crippen LogP contribution in [0.5, 0.6) is 0 Å². The Morgan fingerprint density at radius 2 is 1.88 bits per heavy atom. The smallest absolute Gasteiger partial charge is 0.0727 e. The highest BCUT2D eigenvalue weighted by Gasteiger charge is 2.08. The van der Waals surface area contributed by atoms with Gasteiger partial charge in [-0.05, 0) is 46.1 Å². The van der Waals surface area contributed by atoms with E-state index in [-0.39, 0.29) is 6.10 Å². The van der Waals surface area contributed by atoms with Gasteiger partial charge in [-0.1, -0.05) is 62.5 Å². The first-order valence-corrected chi connectivity index (χ1v) is 9.97. The molecule has 0 bridgehead atoms. The third kappa shape index (κ3) is 12.7. The molecule has 0 spiro atoms. The third-order valence-corrected chi connectivity index (χ3v) is 4.41. The highest BCUT2D eigenvalue weighted by molar-refractivity contribution is 5.20. The van der Waals surface area contributed by atoms with Crippen molar-refractivity contribution in [3.05, 3.63) is 48.2 Å². The molecule has 1 unspecified atom stereocenters. The van der Waals surface area contributed by atoms with Crippen molar-refractivity contribution < 1.29 is 4.74 Å². The molecule has 0 N–H and O–H groups in total. The minimum absolute atomic E-state index is 0.144. The molecular formula is C23H41NO. The van der Waals surface area contributed by atoms with E-state index in [0.717, 1.165) is 25.9 Å². The summed E-state index contributed by atoms with van der Waals surface area (Å²) in [7, 11) is 1.75. The van der Waals surface area contributed by atoms with Crippen LogP contribution in [0.3, 0.4) is 0 Å². The van der Waals surface area contributed by atoms with Crippen molar-refractivity contribution in [1.82, 2.24) is 4.90 Å². The van der Waals surface area contributed by atoms with E-state index in [9.17, 15) is 0 Å². The van der Waals surface area contributed by atoms with Crippen molar-refractivity contribution in [1.29, 1.82) is 0 Å². The molecule has 0 fully saturated rings. The largest absolute Gasteiger partial charge is 0.378 e. The minimum atomic E-state index is 0.144. The summed E-state index contributed by atoms with van der Waals surface area (Å²) >= 11 is 0. The van der Waals surface area contributed by atoms with Gasteiger partial charge in [0, 0.05) is 25.9 Å². The van der Waals surface area contributed by atoms with Crippen LogP contribution in [0.15, 0.2) is 48.2 Å². The van der Waals surface area contributed by atoms with Crippen molar-refractivity contribution in [3.8, 4) is 0 Å².